The second kappa shape index (κ2) is 5.00. The minimum atomic E-state index is -1.54. The third-order valence-corrected chi connectivity index (χ3v) is 2.69. The van der Waals surface area contributed by atoms with E-state index in [1.807, 2.05) is 13.8 Å². The predicted octanol–water partition coefficient (Wildman–Crippen LogP) is 2.81. The quantitative estimate of drug-likeness (QED) is 0.872. The average Bonchev–Trinajstić information content (AvgIpc) is 2.83. The van der Waals surface area contributed by atoms with Gasteiger partial charge < -0.3 is 10.3 Å². The summed E-state index contributed by atoms with van der Waals surface area (Å²) in [4.78, 5) is 3.95. The normalized spacial score (nSPS) is 13.0. The van der Waals surface area contributed by atoms with E-state index in [9.17, 15) is 13.2 Å². The first-order chi connectivity index (χ1) is 8.90. The summed E-state index contributed by atoms with van der Waals surface area (Å²) in [5.41, 5.74) is 5.80. The summed E-state index contributed by atoms with van der Waals surface area (Å²) in [5.74, 6) is -3.97. The zero-order valence-electron chi connectivity index (χ0n) is 10.3. The number of nitrogens with two attached hydrogens (primary N) is 1. The molecule has 1 heterocycles. The Morgan fingerprint density at radius 3 is 2.26 bits per heavy atom. The first-order valence-electron chi connectivity index (χ1n) is 5.64. The molecular weight excluding hydrogens is 259 g/mol. The van der Waals surface area contributed by atoms with Gasteiger partial charge in [0.1, 0.15) is 0 Å². The maximum Gasteiger partial charge on any atom is 0.244 e. The number of hydrogen-bond donors (Lipinski definition) is 1. The highest BCUT2D eigenvalue weighted by molar-refractivity contribution is 5.54. The Kier molecular flexibility index (Phi) is 3.57. The van der Waals surface area contributed by atoms with Crippen molar-refractivity contribution >= 4 is 0 Å². The molecule has 0 aliphatic carbocycles. The van der Waals surface area contributed by atoms with Crippen LogP contribution in [0.3, 0.4) is 0 Å². The molecule has 0 amide bonds. The van der Waals surface area contributed by atoms with Crippen LogP contribution in [-0.2, 0) is 0 Å². The molecule has 7 heteroatoms. The molecule has 0 fully saturated rings. The fourth-order valence-electron chi connectivity index (χ4n) is 1.46. The molecule has 2 rings (SSSR count). The molecule has 2 N–H and O–H groups in total. The molecule has 0 aliphatic heterocycles. The van der Waals surface area contributed by atoms with E-state index in [0.29, 0.717) is 0 Å². The van der Waals surface area contributed by atoms with Crippen molar-refractivity contribution in [1.82, 2.24) is 10.1 Å². The highest BCUT2D eigenvalue weighted by Gasteiger charge is 2.20. The van der Waals surface area contributed by atoms with Crippen LogP contribution >= 0.6 is 0 Å². The van der Waals surface area contributed by atoms with Gasteiger partial charge in [0.15, 0.2) is 17.5 Å². The highest BCUT2D eigenvalue weighted by atomic mass is 19.2. The molecular formula is C12H12F3N3O. The van der Waals surface area contributed by atoms with Crippen molar-refractivity contribution in [3.8, 4) is 11.4 Å². The van der Waals surface area contributed by atoms with Gasteiger partial charge >= 0.3 is 0 Å². The van der Waals surface area contributed by atoms with Crippen molar-refractivity contribution in [2.45, 2.75) is 19.9 Å². The van der Waals surface area contributed by atoms with Gasteiger partial charge in [-0.15, -0.1) is 0 Å². The van der Waals surface area contributed by atoms with Crippen molar-refractivity contribution in [3.05, 3.63) is 35.5 Å². The van der Waals surface area contributed by atoms with E-state index in [0.717, 1.165) is 12.1 Å². The number of hydrogen-bond acceptors (Lipinski definition) is 4. The first kappa shape index (κ1) is 13.5. The molecule has 0 aliphatic rings. The number of benzene rings is 1. The Bertz CT molecular complexity index is 575. The molecule has 0 radical (unpaired) electrons. The molecule has 102 valence electrons. The van der Waals surface area contributed by atoms with Crippen molar-refractivity contribution in [3.63, 3.8) is 0 Å². The van der Waals surface area contributed by atoms with Gasteiger partial charge in [-0.1, -0.05) is 19.0 Å². The molecule has 19 heavy (non-hydrogen) atoms. The lowest BCUT2D eigenvalue weighted by molar-refractivity contribution is 0.325. The third kappa shape index (κ3) is 2.60. The Hall–Kier alpha value is -1.89. The van der Waals surface area contributed by atoms with Crippen molar-refractivity contribution < 1.29 is 17.7 Å². The van der Waals surface area contributed by atoms with E-state index in [2.05, 4.69) is 10.1 Å². The minimum Gasteiger partial charge on any atom is -0.337 e. The van der Waals surface area contributed by atoms with Gasteiger partial charge in [0, 0.05) is 5.56 Å². The largest absolute Gasteiger partial charge is 0.337 e. The molecule has 1 unspecified atom stereocenters. The molecule has 1 atom stereocenters. The zero-order chi connectivity index (χ0) is 14.2. The van der Waals surface area contributed by atoms with E-state index in [-0.39, 0.29) is 23.2 Å². The maximum atomic E-state index is 13.1. The number of rotatable bonds is 3. The molecule has 1 aromatic carbocycles. The SMILES string of the molecule is CC(C)C(N)c1nc(-c2cc(F)c(F)c(F)c2)no1. The zero-order valence-corrected chi connectivity index (χ0v) is 10.3. The fourth-order valence-corrected chi connectivity index (χ4v) is 1.46. The van der Waals surface area contributed by atoms with Crippen LogP contribution in [0.15, 0.2) is 16.7 Å². The van der Waals surface area contributed by atoms with Crippen LogP contribution in [0.1, 0.15) is 25.8 Å². The van der Waals surface area contributed by atoms with Gasteiger partial charge in [-0.05, 0) is 18.1 Å². The smallest absolute Gasteiger partial charge is 0.244 e. The van der Waals surface area contributed by atoms with Gasteiger partial charge in [-0.25, -0.2) is 13.2 Å². The van der Waals surface area contributed by atoms with Crippen molar-refractivity contribution in [2.24, 2.45) is 11.7 Å². The van der Waals surface area contributed by atoms with E-state index < -0.39 is 23.5 Å². The van der Waals surface area contributed by atoms with Crippen LogP contribution in [-0.4, -0.2) is 10.1 Å². The van der Waals surface area contributed by atoms with Crippen molar-refractivity contribution in [2.75, 3.05) is 0 Å². The predicted molar refractivity (Wildman–Crippen MR) is 61.4 cm³/mol. The molecule has 4 nitrogen and oxygen atoms in total. The second-order valence-corrected chi connectivity index (χ2v) is 4.48. The van der Waals surface area contributed by atoms with Gasteiger partial charge in [-0.3, -0.25) is 0 Å². The van der Waals surface area contributed by atoms with Gasteiger partial charge in [-0.2, -0.15) is 4.98 Å². The van der Waals surface area contributed by atoms with Gasteiger partial charge in [0.25, 0.3) is 0 Å². The summed E-state index contributed by atoms with van der Waals surface area (Å²) < 4.78 is 43.9. The first-order valence-corrected chi connectivity index (χ1v) is 5.64. The van der Waals surface area contributed by atoms with Crippen molar-refractivity contribution in [1.29, 1.82) is 0 Å². The molecule has 2 aromatic rings. The van der Waals surface area contributed by atoms with Gasteiger partial charge in [0.2, 0.25) is 11.7 Å². The van der Waals surface area contributed by atoms with E-state index in [1.165, 1.54) is 0 Å². The van der Waals surface area contributed by atoms with Gasteiger partial charge in [0.05, 0.1) is 6.04 Å². The Morgan fingerprint density at radius 1 is 1.16 bits per heavy atom. The lowest BCUT2D eigenvalue weighted by atomic mass is 10.1. The maximum absolute atomic E-state index is 13.1. The summed E-state index contributed by atoms with van der Waals surface area (Å²) >= 11 is 0. The molecule has 0 spiro atoms. The Labute approximate surface area is 107 Å². The summed E-state index contributed by atoms with van der Waals surface area (Å²) in [6, 6.07) is 1.12. The average molecular weight is 271 g/mol. The van der Waals surface area contributed by atoms with E-state index >= 15 is 0 Å². The molecule has 1 aromatic heterocycles. The fraction of sp³-hybridized carbons (Fsp3) is 0.333. The summed E-state index contributed by atoms with van der Waals surface area (Å²) in [7, 11) is 0. The van der Waals surface area contributed by atoms with Crippen LogP contribution in [0.4, 0.5) is 13.2 Å². The number of halogens is 3. The lowest BCUT2D eigenvalue weighted by Crippen LogP contribution is -2.16. The van der Waals surface area contributed by atoms with Crippen LogP contribution in [0.5, 0.6) is 0 Å². The van der Waals surface area contributed by atoms with Crippen LogP contribution in [0.25, 0.3) is 11.4 Å². The van der Waals surface area contributed by atoms with Crippen LogP contribution < -0.4 is 5.73 Å². The molecule has 0 saturated heterocycles. The standard InChI is InChI=1S/C12H12F3N3O/c1-5(2)10(16)12-17-11(18-19-12)6-3-7(13)9(15)8(14)4-6/h3-5,10H,16H2,1-2H3. The van der Waals surface area contributed by atoms with Crippen LogP contribution in [0.2, 0.25) is 0 Å². The summed E-state index contributed by atoms with van der Waals surface area (Å²) in [5, 5.41) is 3.58. The lowest BCUT2D eigenvalue weighted by Gasteiger charge is -2.09. The summed E-state index contributed by atoms with van der Waals surface area (Å²) in [6.07, 6.45) is 0. The number of nitrogens with zero attached hydrogens (tertiary/aromatic N) is 2. The molecule has 0 bridgehead atoms. The highest BCUT2D eigenvalue weighted by Crippen LogP contribution is 2.24. The monoisotopic (exact) mass is 271 g/mol. The topological polar surface area (TPSA) is 64.9 Å². The van der Waals surface area contributed by atoms with E-state index in [1.54, 1.807) is 0 Å². The Morgan fingerprint density at radius 2 is 1.74 bits per heavy atom. The second-order valence-electron chi connectivity index (χ2n) is 4.48. The summed E-state index contributed by atoms with van der Waals surface area (Å²) in [6.45, 7) is 3.73. The molecule has 0 saturated carbocycles. The third-order valence-electron chi connectivity index (χ3n) is 2.69. The van der Waals surface area contributed by atoms with E-state index in [4.69, 9.17) is 10.3 Å². The van der Waals surface area contributed by atoms with Crippen LogP contribution in [0, 0.1) is 23.4 Å². The minimum absolute atomic E-state index is 0.0117. The number of aromatic nitrogens is 2. The Balaban J connectivity index is 2.38.